The minimum Gasteiger partial charge on any atom is -0.382 e. The van der Waals surface area contributed by atoms with Gasteiger partial charge in [0, 0.05) is 49.7 Å². The van der Waals surface area contributed by atoms with E-state index in [9.17, 15) is 22.4 Å². The Balaban J connectivity index is 1.69. The Morgan fingerprint density at radius 1 is 1.03 bits per heavy atom. The van der Waals surface area contributed by atoms with E-state index in [2.05, 4.69) is 10.6 Å². The van der Waals surface area contributed by atoms with Gasteiger partial charge in [0.05, 0.1) is 0 Å². The van der Waals surface area contributed by atoms with E-state index in [1.165, 1.54) is 16.4 Å². The summed E-state index contributed by atoms with van der Waals surface area (Å²) >= 11 is 0. The van der Waals surface area contributed by atoms with Crippen LogP contribution in [0.1, 0.15) is 53.3 Å². The van der Waals surface area contributed by atoms with Gasteiger partial charge >= 0.3 is 0 Å². The van der Waals surface area contributed by atoms with Crippen molar-refractivity contribution >= 4 is 27.5 Å². The zero-order chi connectivity index (χ0) is 24.6. The van der Waals surface area contributed by atoms with Gasteiger partial charge in [-0.3, -0.25) is 9.59 Å². The van der Waals surface area contributed by atoms with E-state index in [-0.39, 0.29) is 11.5 Å². The lowest BCUT2D eigenvalue weighted by molar-refractivity contribution is 0.0943. The van der Waals surface area contributed by atoms with Crippen LogP contribution in [0.2, 0.25) is 0 Å². The van der Waals surface area contributed by atoms with Crippen LogP contribution in [-0.4, -0.2) is 57.4 Å². The van der Waals surface area contributed by atoms with Crippen LogP contribution in [0.15, 0.2) is 47.4 Å². The van der Waals surface area contributed by atoms with Crippen molar-refractivity contribution in [3.8, 4) is 0 Å². The molecule has 0 saturated carbocycles. The molecule has 0 aliphatic carbocycles. The second kappa shape index (κ2) is 12.0. The Labute approximate surface area is 199 Å². The third kappa shape index (κ3) is 6.62. The average Bonchev–Trinajstić information content (AvgIpc) is 2.84. The summed E-state index contributed by atoms with van der Waals surface area (Å²) in [4.78, 5) is 24.6. The van der Waals surface area contributed by atoms with Gasteiger partial charge in [-0.2, -0.15) is 4.31 Å². The highest BCUT2D eigenvalue weighted by Crippen LogP contribution is 2.24. The lowest BCUT2D eigenvalue weighted by Crippen LogP contribution is -2.36. The number of carbonyl (C=O) groups is 2. The van der Waals surface area contributed by atoms with Crippen LogP contribution in [0.5, 0.6) is 0 Å². The number of anilines is 1. The van der Waals surface area contributed by atoms with E-state index in [0.717, 1.165) is 31.4 Å². The molecular formula is C24H30FN3O5S. The average molecular weight is 492 g/mol. The highest BCUT2D eigenvalue weighted by atomic mass is 32.2. The Kier molecular flexibility index (Phi) is 9.14. The van der Waals surface area contributed by atoms with Crippen LogP contribution in [0.4, 0.5) is 10.1 Å². The predicted octanol–water partition coefficient (Wildman–Crippen LogP) is 3.41. The molecule has 0 atom stereocenters. The minimum atomic E-state index is -4.04. The van der Waals surface area contributed by atoms with E-state index in [0.29, 0.717) is 50.5 Å². The number of halogens is 1. The first-order chi connectivity index (χ1) is 16.3. The lowest BCUT2D eigenvalue weighted by Gasteiger charge is -2.26. The number of benzene rings is 2. The van der Waals surface area contributed by atoms with Gasteiger partial charge in [0.25, 0.3) is 11.8 Å². The molecule has 2 amide bonds. The molecule has 1 saturated heterocycles. The fraction of sp³-hybridized carbons (Fsp3) is 0.417. The summed E-state index contributed by atoms with van der Waals surface area (Å²) in [5, 5.41) is 5.43. The zero-order valence-electron chi connectivity index (χ0n) is 19.2. The highest BCUT2D eigenvalue weighted by molar-refractivity contribution is 7.89. The van der Waals surface area contributed by atoms with Gasteiger partial charge in [-0.05, 0) is 62.6 Å². The molecule has 1 aliphatic rings. The monoisotopic (exact) mass is 491 g/mol. The quantitative estimate of drug-likeness (QED) is 0.496. The van der Waals surface area contributed by atoms with Crippen LogP contribution in [0, 0.1) is 5.82 Å². The molecule has 2 N–H and O–H groups in total. The molecule has 3 rings (SSSR count). The maximum absolute atomic E-state index is 14.4. The zero-order valence-corrected chi connectivity index (χ0v) is 20.0. The summed E-state index contributed by atoms with van der Waals surface area (Å²) in [5.41, 5.74) is 0.723. The summed E-state index contributed by atoms with van der Waals surface area (Å²) in [6.45, 7) is 4.20. The van der Waals surface area contributed by atoms with Crippen LogP contribution in [0.3, 0.4) is 0 Å². The summed E-state index contributed by atoms with van der Waals surface area (Å²) in [6, 6.07) is 9.65. The number of piperidine rings is 1. The molecule has 34 heavy (non-hydrogen) atoms. The highest BCUT2D eigenvalue weighted by Gasteiger charge is 2.29. The van der Waals surface area contributed by atoms with Gasteiger partial charge < -0.3 is 15.4 Å². The molecule has 2 aromatic rings. The fourth-order valence-corrected chi connectivity index (χ4v) is 5.26. The molecule has 184 valence electrons. The standard InChI is InChI=1S/C24H30FN3O5S/c1-2-33-15-7-12-26-23(29)18-8-6-9-20(16-18)27-24(30)19-10-11-21(25)22(17-19)34(31,32)28-13-4-3-5-14-28/h6,8-11,16-17H,2-5,7,12-15H2,1H3,(H,26,29)(H,27,30). The molecule has 8 nitrogen and oxygen atoms in total. The van der Waals surface area contributed by atoms with Gasteiger partial charge in [-0.25, -0.2) is 12.8 Å². The Morgan fingerprint density at radius 3 is 2.50 bits per heavy atom. The van der Waals surface area contributed by atoms with Crippen molar-refractivity contribution in [3.05, 3.63) is 59.4 Å². The first kappa shape index (κ1) is 25.8. The second-order valence-electron chi connectivity index (χ2n) is 7.95. The minimum absolute atomic E-state index is 0.00256. The molecule has 0 radical (unpaired) electrons. The molecular weight excluding hydrogens is 461 g/mol. The van der Waals surface area contributed by atoms with Gasteiger partial charge in [-0.1, -0.05) is 12.5 Å². The Morgan fingerprint density at radius 2 is 1.76 bits per heavy atom. The first-order valence-electron chi connectivity index (χ1n) is 11.4. The molecule has 10 heteroatoms. The molecule has 0 aromatic heterocycles. The number of ether oxygens (including phenoxy) is 1. The van der Waals surface area contributed by atoms with E-state index >= 15 is 0 Å². The fourth-order valence-electron chi connectivity index (χ4n) is 3.65. The maximum atomic E-state index is 14.4. The first-order valence-corrected chi connectivity index (χ1v) is 12.8. The number of nitrogens with one attached hydrogen (secondary N) is 2. The van der Waals surface area contributed by atoms with Crippen molar-refractivity contribution < 1.29 is 27.1 Å². The van der Waals surface area contributed by atoms with Crippen molar-refractivity contribution in [2.24, 2.45) is 0 Å². The topological polar surface area (TPSA) is 105 Å². The summed E-state index contributed by atoms with van der Waals surface area (Å²) in [7, 11) is -4.04. The molecule has 1 fully saturated rings. The molecule has 0 unspecified atom stereocenters. The number of carbonyl (C=O) groups excluding carboxylic acids is 2. The third-order valence-electron chi connectivity index (χ3n) is 5.46. The van der Waals surface area contributed by atoms with Gasteiger partial charge in [0.2, 0.25) is 10.0 Å². The van der Waals surface area contributed by atoms with Crippen LogP contribution < -0.4 is 10.6 Å². The van der Waals surface area contributed by atoms with E-state index in [1.54, 1.807) is 18.2 Å². The number of amides is 2. The van der Waals surface area contributed by atoms with Crippen molar-refractivity contribution in [2.45, 2.75) is 37.5 Å². The SMILES string of the molecule is CCOCCCNC(=O)c1cccc(NC(=O)c2ccc(F)c(S(=O)(=O)N3CCCCC3)c2)c1. The summed E-state index contributed by atoms with van der Waals surface area (Å²) < 4.78 is 46.7. The van der Waals surface area contributed by atoms with E-state index in [1.807, 2.05) is 6.92 Å². The van der Waals surface area contributed by atoms with Crippen molar-refractivity contribution in [2.75, 3.05) is 38.2 Å². The summed E-state index contributed by atoms with van der Waals surface area (Å²) in [5.74, 6) is -1.79. The van der Waals surface area contributed by atoms with E-state index < -0.39 is 26.6 Å². The van der Waals surface area contributed by atoms with Crippen molar-refractivity contribution in [1.29, 1.82) is 0 Å². The smallest absolute Gasteiger partial charge is 0.255 e. The largest absolute Gasteiger partial charge is 0.382 e. The molecule has 0 bridgehead atoms. The number of hydrogen-bond acceptors (Lipinski definition) is 5. The molecule has 2 aromatic carbocycles. The lowest BCUT2D eigenvalue weighted by atomic mass is 10.1. The van der Waals surface area contributed by atoms with Gasteiger partial charge in [0.1, 0.15) is 10.7 Å². The van der Waals surface area contributed by atoms with Crippen LogP contribution in [-0.2, 0) is 14.8 Å². The molecule has 1 aliphatic heterocycles. The normalized spacial score (nSPS) is 14.5. The molecule has 0 spiro atoms. The second-order valence-corrected chi connectivity index (χ2v) is 9.86. The number of nitrogens with zero attached hydrogens (tertiary/aromatic N) is 1. The van der Waals surface area contributed by atoms with Crippen LogP contribution in [0.25, 0.3) is 0 Å². The third-order valence-corrected chi connectivity index (χ3v) is 7.38. The van der Waals surface area contributed by atoms with Gasteiger partial charge in [-0.15, -0.1) is 0 Å². The predicted molar refractivity (Wildman–Crippen MR) is 127 cm³/mol. The van der Waals surface area contributed by atoms with Crippen molar-refractivity contribution in [3.63, 3.8) is 0 Å². The van der Waals surface area contributed by atoms with Crippen LogP contribution >= 0.6 is 0 Å². The molecule has 1 heterocycles. The maximum Gasteiger partial charge on any atom is 0.255 e. The number of sulfonamides is 1. The van der Waals surface area contributed by atoms with E-state index in [4.69, 9.17) is 4.74 Å². The Hall–Kier alpha value is -2.82. The number of rotatable bonds is 10. The Bertz CT molecular complexity index is 1120. The van der Waals surface area contributed by atoms with Crippen molar-refractivity contribution in [1.82, 2.24) is 9.62 Å². The number of hydrogen-bond donors (Lipinski definition) is 2. The van der Waals surface area contributed by atoms with Gasteiger partial charge in [0.15, 0.2) is 0 Å². The summed E-state index contributed by atoms with van der Waals surface area (Å²) in [6.07, 6.45) is 3.06.